The van der Waals surface area contributed by atoms with Gasteiger partial charge >= 0.3 is 0 Å². The number of ether oxygens (including phenoxy) is 1. The lowest BCUT2D eigenvalue weighted by atomic mass is 10.2. The van der Waals surface area contributed by atoms with Crippen molar-refractivity contribution in [1.82, 2.24) is 9.97 Å². The first-order chi connectivity index (χ1) is 13.2. The molecular weight excluding hydrogens is 344 g/mol. The minimum atomic E-state index is -0.366. The van der Waals surface area contributed by atoms with E-state index in [1.165, 1.54) is 18.6 Å². The van der Waals surface area contributed by atoms with E-state index in [-0.39, 0.29) is 17.5 Å². The summed E-state index contributed by atoms with van der Waals surface area (Å²) >= 11 is 0. The van der Waals surface area contributed by atoms with Gasteiger partial charge in [0, 0.05) is 29.3 Å². The van der Waals surface area contributed by atoms with Crippen LogP contribution in [-0.2, 0) is 0 Å². The normalized spacial score (nSPS) is 10.1. The van der Waals surface area contributed by atoms with Crippen molar-refractivity contribution >= 4 is 23.2 Å². The molecule has 7 heteroatoms. The molecule has 0 saturated carbocycles. The zero-order chi connectivity index (χ0) is 19.1. The molecule has 2 N–H and O–H groups in total. The molecule has 0 radical (unpaired) electrons. The van der Waals surface area contributed by atoms with Gasteiger partial charge in [-0.2, -0.15) is 0 Å². The number of hydrogen-bond acceptors (Lipinski definition) is 5. The molecule has 2 amide bonds. The monoisotopic (exact) mass is 362 g/mol. The molecule has 0 spiro atoms. The second-order valence-electron chi connectivity index (χ2n) is 5.53. The summed E-state index contributed by atoms with van der Waals surface area (Å²) in [6.45, 7) is 2.50. The van der Waals surface area contributed by atoms with Crippen molar-refractivity contribution < 1.29 is 14.3 Å². The molecule has 1 heterocycles. The molecular formula is C20H18N4O3. The average molecular weight is 362 g/mol. The van der Waals surface area contributed by atoms with Gasteiger partial charge < -0.3 is 15.4 Å². The van der Waals surface area contributed by atoms with Crippen LogP contribution >= 0.6 is 0 Å². The number of hydrogen-bond donors (Lipinski definition) is 2. The number of carbonyl (C=O) groups excluding carboxylic acids is 2. The van der Waals surface area contributed by atoms with Crippen LogP contribution < -0.4 is 15.4 Å². The number of carbonyl (C=O) groups is 2. The number of rotatable bonds is 6. The van der Waals surface area contributed by atoms with Crippen LogP contribution in [0, 0.1) is 0 Å². The molecule has 0 aliphatic carbocycles. The van der Waals surface area contributed by atoms with E-state index in [0.717, 1.165) is 5.75 Å². The Morgan fingerprint density at radius 3 is 2.11 bits per heavy atom. The van der Waals surface area contributed by atoms with Crippen molar-refractivity contribution in [3.63, 3.8) is 0 Å². The number of aromatic nitrogens is 2. The fraction of sp³-hybridized carbons (Fsp3) is 0.100. The molecule has 0 aliphatic heterocycles. The van der Waals surface area contributed by atoms with Gasteiger partial charge in [0.05, 0.1) is 12.8 Å². The number of nitrogens with one attached hydrogen (secondary N) is 2. The van der Waals surface area contributed by atoms with E-state index in [0.29, 0.717) is 23.5 Å². The molecule has 0 fully saturated rings. The van der Waals surface area contributed by atoms with E-state index in [4.69, 9.17) is 4.74 Å². The van der Waals surface area contributed by atoms with Crippen LogP contribution in [0.25, 0.3) is 0 Å². The van der Waals surface area contributed by atoms with Crippen LogP contribution in [0.3, 0.4) is 0 Å². The Labute approximate surface area is 156 Å². The van der Waals surface area contributed by atoms with Gasteiger partial charge in [-0.3, -0.25) is 14.6 Å². The Hall–Kier alpha value is -3.74. The summed E-state index contributed by atoms with van der Waals surface area (Å²) in [4.78, 5) is 32.2. The lowest BCUT2D eigenvalue weighted by Gasteiger charge is -2.08. The number of nitrogens with zero attached hydrogens (tertiary/aromatic N) is 2. The van der Waals surface area contributed by atoms with Crippen LogP contribution in [0.2, 0.25) is 0 Å². The number of anilines is 2. The molecule has 2 aromatic carbocycles. The molecule has 0 saturated heterocycles. The van der Waals surface area contributed by atoms with Gasteiger partial charge in [0.15, 0.2) is 0 Å². The number of amides is 2. The van der Waals surface area contributed by atoms with Crippen LogP contribution in [-0.4, -0.2) is 28.4 Å². The van der Waals surface area contributed by atoms with Crippen LogP contribution in [0.5, 0.6) is 5.75 Å². The Balaban J connectivity index is 1.61. The first-order valence-corrected chi connectivity index (χ1v) is 8.37. The maximum Gasteiger partial charge on any atom is 0.275 e. The molecule has 3 aromatic rings. The van der Waals surface area contributed by atoms with Crippen LogP contribution in [0.15, 0.2) is 67.1 Å². The Bertz CT molecular complexity index is 910. The zero-order valence-electron chi connectivity index (χ0n) is 14.7. The Kier molecular flexibility index (Phi) is 5.73. The molecule has 0 unspecified atom stereocenters. The molecule has 1 aromatic heterocycles. The molecule has 0 bridgehead atoms. The van der Waals surface area contributed by atoms with Crippen LogP contribution in [0.1, 0.15) is 27.8 Å². The highest BCUT2D eigenvalue weighted by atomic mass is 16.5. The van der Waals surface area contributed by atoms with Gasteiger partial charge in [-0.05, 0) is 55.5 Å². The second-order valence-corrected chi connectivity index (χ2v) is 5.53. The minimum Gasteiger partial charge on any atom is -0.494 e. The largest absolute Gasteiger partial charge is 0.494 e. The molecule has 7 nitrogen and oxygen atoms in total. The third kappa shape index (κ3) is 4.88. The van der Waals surface area contributed by atoms with E-state index in [2.05, 4.69) is 20.6 Å². The van der Waals surface area contributed by atoms with E-state index in [9.17, 15) is 9.59 Å². The zero-order valence-corrected chi connectivity index (χ0v) is 14.7. The lowest BCUT2D eigenvalue weighted by molar-refractivity contribution is 0.101. The van der Waals surface area contributed by atoms with E-state index in [1.807, 2.05) is 6.92 Å². The van der Waals surface area contributed by atoms with Gasteiger partial charge in [-0.25, -0.2) is 4.98 Å². The maximum absolute atomic E-state index is 12.3. The van der Waals surface area contributed by atoms with Gasteiger partial charge in [-0.15, -0.1) is 0 Å². The van der Waals surface area contributed by atoms with E-state index < -0.39 is 0 Å². The molecule has 0 aliphatic rings. The van der Waals surface area contributed by atoms with Crippen molar-refractivity contribution in [1.29, 1.82) is 0 Å². The number of benzene rings is 2. The second kappa shape index (κ2) is 8.57. The first kappa shape index (κ1) is 18.1. The molecule has 0 atom stereocenters. The fourth-order valence-corrected chi connectivity index (χ4v) is 2.32. The molecule has 3 rings (SSSR count). The van der Waals surface area contributed by atoms with Gasteiger partial charge in [0.25, 0.3) is 11.8 Å². The third-order valence-corrected chi connectivity index (χ3v) is 3.62. The topological polar surface area (TPSA) is 93.2 Å². The van der Waals surface area contributed by atoms with Crippen LogP contribution in [0.4, 0.5) is 11.4 Å². The Morgan fingerprint density at radius 1 is 0.889 bits per heavy atom. The SMILES string of the molecule is CCOc1ccc(NC(=O)c2ccc(NC(=O)c3cnccn3)cc2)cc1. The fourth-order valence-electron chi connectivity index (χ4n) is 2.32. The highest BCUT2D eigenvalue weighted by Gasteiger charge is 2.09. The van der Waals surface area contributed by atoms with E-state index >= 15 is 0 Å². The van der Waals surface area contributed by atoms with Crippen molar-refractivity contribution in [3.05, 3.63) is 78.4 Å². The first-order valence-electron chi connectivity index (χ1n) is 8.37. The van der Waals surface area contributed by atoms with Crippen molar-refractivity contribution in [2.45, 2.75) is 6.92 Å². The summed E-state index contributed by atoms with van der Waals surface area (Å²) in [7, 11) is 0. The summed E-state index contributed by atoms with van der Waals surface area (Å²) < 4.78 is 5.37. The van der Waals surface area contributed by atoms with Gasteiger partial charge in [-0.1, -0.05) is 0 Å². The minimum absolute atomic E-state index is 0.217. The van der Waals surface area contributed by atoms with Crippen molar-refractivity contribution in [2.75, 3.05) is 17.2 Å². The quantitative estimate of drug-likeness (QED) is 0.701. The molecule has 136 valence electrons. The predicted molar refractivity (Wildman–Crippen MR) is 102 cm³/mol. The summed E-state index contributed by atoms with van der Waals surface area (Å²) in [5.74, 6) is 0.138. The van der Waals surface area contributed by atoms with Crippen molar-refractivity contribution in [2.24, 2.45) is 0 Å². The van der Waals surface area contributed by atoms with Gasteiger partial charge in [0.1, 0.15) is 11.4 Å². The summed E-state index contributed by atoms with van der Waals surface area (Å²) in [6.07, 6.45) is 4.33. The standard InChI is InChI=1S/C20H18N4O3/c1-2-27-17-9-7-16(8-10-17)23-19(25)14-3-5-15(6-4-14)24-20(26)18-13-21-11-12-22-18/h3-13H,2H2,1H3,(H,23,25)(H,24,26). The summed E-state index contributed by atoms with van der Waals surface area (Å²) in [6, 6.07) is 13.7. The van der Waals surface area contributed by atoms with Gasteiger partial charge in [0.2, 0.25) is 0 Å². The summed E-state index contributed by atoms with van der Waals surface area (Å²) in [5.41, 5.74) is 1.92. The highest BCUT2D eigenvalue weighted by molar-refractivity contribution is 6.05. The average Bonchev–Trinajstić information content (AvgIpc) is 2.71. The van der Waals surface area contributed by atoms with E-state index in [1.54, 1.807) is 48.5 Å². The molecule has 27 heavy (non-hydrogen) atoms. The predicted octanol–water partition coefficient (Wildman–Crippen LogP) is 3.38. The smallest absolute Gasteiger partial charge is 0.275 e. The maximum atomic E-state index is 12.3. The lowest BCUT2D eigenvalue weighted by Crippen LogP contribution is -2.14. The Morgan fingerprint density at radius 2 is 1.52 bits per heavy atom. The van der Waals surface area contributed by atoms with Crippen molar-refractivity contribution in [3.8, 4) is 5.75 Å². The third-order valence-electron chi connectivity index (χ3n) is 3.62. The highest BCUT2D eigenvalue weighted by Crippen LogP contribution is 2.17. The summed E-state index contributed by atoms with van der Waals surface area (Å²) in [5, 5.41) is 5.52.